The highest BCUT2D eigenvalue weighted by Gasteiger charge is 2.42. The third-order valence-corrected chi connectivity index (χ3v) is 5.81. The second-order valence-electron chi connectivity index (χ2n) is 6.62. The molecule has 2 amide bonds. The summed E-state index contributed by atoms with van der Waals surface area (Å²) in [5.74, 6) is 0. The Morgan fingerprint density at radius 1 is 1.20 bits per heavy atom. The smallest absolute Gasteiger partial charge is 0.318 e. The highest BCUT2D eigenvalue weighted by atomic mass is 35.5. The predicted octanol–water partition coefficient (Wildman–Crippen LogP) is 3.99. The van der Waals surface area contributed by atoms with Crippen molar-refractivity contribution in [1.29, 1.82) is 0 Å². The number of halogens is 2. The maximum absolute atomic E-state index is 12.9. The average molecular weight is 378 g/mol. The number of rotatable bonds is 1. The molecular weight excluding hydrogens is 361 g/mol. The summed E-state index contributed by atoms with van der Waals surface area (Å²) in [5.41, 5.74) is 2.74. The quantitative estimate of drug-likeness (QED) is 0.816. The van der Waals surface area contributed by atoms with Gasteiger partial charge in [-0.2, -0.15) is 0 Å². The lowest BCUT2D eigenvalue weighted by atomic mass is 9.95. The molecule has 1 N–H and O–H groups in total. The molecule has 2 aliphatic rings. The minimum Gasteiger partial charge on any atom is -0.318 e. The molecule has 0 aliphatic carbocycles. The van der Waals surface area contributed by atoms with E-state index in [2.05, 4.69) is 5.32 Å². The molecule has 1 aromatic heterocycles. The Bertz CT molecular complexity index is 925. The van der Waals surface area contributed by atoms with Crippen LogP contribution < -0.4 is 10.9 Å². The van der Waals surface area contributed by atoms with E-state index in [-0.39, 0.29) is 23.7 Å². The van der Waals surface area contributed by atoms with Crippen molar-refractivity contribution in [2.75, 3.05) is 5.32 Å². The largest absolute Gasteiger partial charge is 0.322 e. The van der Waals surface area contributed by atoms with Crippen molar-refractivity contribution in [3.63, 3.8) is 0 Å². The summed E-state index contributed by atoms with van der Waals surface area (Å²) in [5, 5.41) is 3.77. The van der Waals surface area contributed by atoms with Gasteiger partial charge >= 0.3 is 6.03 Å². The molecule has 1 saturated heterocycles. The number of aromatic nitrogens is 1. The van der Waals surface area contributed by atoms with Crippen LogP contribution in [-0.2, 0) is 13.5 Å². The maximum atomic E-state index is 12.9. The molecule has 3 heterocycles. The van der Waals surface area contributed by atoms with Crippen LogP contribution in [0.25, 0.3) is 0 Å². The fourth-order valence-corrected chi connectivity index (χ4v) is 4.18. The van der Waals surface area contributed by atoms with Crippen LogP contribution in [0.1, 0.15) is 30.0 Å². The SMILES string of the molecule is Cn1cc2c(cc1=O)C[C@H]1CC[C@@H]2N1C(=O)Nc1ccc(Cl)c(Cl)c1. The number of hydrogen-bond acceptors (Lipinski definition) is 2. The van der Waals surface area contributed by atoms with Gasteiger partial charge in [-0.05, 0) is 48.6 Å². The standard InChI is InChI=1S/C18H17Cl2N3O2/c1-22-9-13-10(7-17(22)24)6-12-3-5-16(13)23(12)18(25)21-11-2-4-14(19)15(20)8-11/h2,4,7-9,12,16H,3,5-6H2,1H3,(H,21,25)/t12-,16+/m1/s1. The molecule has 2 aliphatic heterocycles. The number of urea groups is 1. The van der Waals surface area contributed by atoms with Crippen LogP contribution >= 0.6 is 23.2 Å². The van der Waals surface area contributed by atoms with Crippen molar-refractivity contribution in [1.82, 2.24) is 9.47 Å². The lowest BCUT2D eigenvalue weighted by molar-refractivity contribution is 0.179. The van der Waals surface area contributed by atoms with Crippen molar-refractivity contribution in [2.24, 2.45) is 7.05 Å². The van der Waals surface area contributed by atoms with Gasteiger partial charge in [0.05, 0.1) is 16.1 Å². The summed E-state index contributed by atoms with van der Waals surface area (Å²) < 4.78 is 1.58. The first-order valence-corrected chi connectivity index (χ1v) is 8.93. The second kappa shape index (κ2) is 6.07. The molecule has 1 fully saturated rings. The van der Waals surface area contributed by atoms with Crippen molar-refractivity contribution in [3.05, 3.63) is 62.0 Å². The number of nitrogens with one attached hydrogen (secondary N) is 1. The molecule has 25 heavy (non-hydrogen) atoms. The maximum Gasteiger partial charge on any atom is 0.322 e. The van der Waals surface area contributed by atoms with Gasteiger partial charge in [-0.3, -0.25) is 4.79 Å². The molecule has 0 saturated carbocycles. The number of benzene rings is 1. The average Bonchev–Trinajstić information content (AvgIpc) is 2.89. The molecule has 2 aromatic rings. The summed E-state index contributed by atoms with van der Waals surface area (Å²) >= 11 is 11.9. The van der Waals surface area contributed by atoms with E-state index in [1.54, 1.807) is 35.9 Å². The molecule has 1 aromatic carbocycles. The Balaban J connectivity index is 1.62. The van der Waals surface area contributed by atoms with E-state index in [0.29, 0.717) is 15.7 Å². The van der Waals surface area contributed by atoms with Crippen LogP contribution in [0, 0.1) is 0 Å². The van der Waals surface area contributed by atoms with Crippen LogP contribution in [0.3, 0.4) is 0 Å². The fourth-order valence-electron chi connectivity index (χ4n) is 3.88. The Hall–Kier alpha value is -1.98. The van der Waals surface area contributed by atoms with E-state index < -0.39 is 0 Å². The third kappa shape index (κ3) is 2.81. The first-order valence-electron chi connectivity index (χ1n) is 8.18. The Labute approximate surface area is 155 Å². The van der Waals surface area contributed by atoms with E-state index in [0.717, 1.165) is 30.4 Å². The molecule has 4 rings (SSSR count). The molecule has 130 valence electrons. The normalized spacial score (nSPS) is 21.2. The van der Waals surface area contributed by atoms with E-state index in [1.807, 2.05) is 11.1 Å². The van der Waals surface area contributed by atoms with E-state index >= 15 is 0 Å². The molecule has 5 nitrogen and oxygen atoms in total. The van der Waals surface area contributed by atoms with Gasteiger partial charge in [0.15, 0.2) is 0 Å². The molecule has 7 heteroatoms. The van der Waals surface area contributed by atoms with E-state index in [4.69, 9.17) is 23.2 Å². The van der Waals surface area contributed by atoms with Crippen LogP contribution in [-0.4, -0.2) is 21.5 Å². The summed E-state index contributed by atoms with van der Waals surface area (Å²) in [6, 6.07) is 6.71. The lowest BCUT2D eigenvalue weighted by Crippen LogP contribution is -2.44. The van der Waals surface area contributed by atoms with Gasteiger partial charge < -0.3 is 14.8 Å². The van der Waals surface area contributed by atoms with Crippen molar-refractivity contribution >= 4 is 34.9 Å². The summed E-state index contributed by atoms with van der Waals surface area (Å²) in [6.45, 7) is 0. The van der Waals surface area contributed by atoms with Gasteiger partial charge in [0, 0.05) is 31.0 Å². The van der Waals surface area contributed by atoms with Gasteiger partial charge in [-0.15, -0.1) is 0 Å². The second-order valence-corrected chi connectivity index (χ2v) is 7.43. The summed E-state index contributed by atoms with van der Waals surface area (Å²) in [6.07, 6.45) is 4.43. The first kappa shape index (κ1) is 16.5. The summed E-state index contributed by atoms with van der Waals surface area (Å²) in [4.78, 5) is 26.6. The number of amides is 2. The first-order chi connectivity index (χ1) is 11.9. The minimum atomic E-state index is -0.148. The number of aryl methyl sites for hydroxylation is 1. The lowest BCUT2D eigenvalue weighted by Gasteiger charge is -2.36. The molecule has 2 atom stereocenters. The molecular formula is C18H17Cl2N3O2. The Morgan fingerprint density at radius 2 is 2.00 bits per heavy atom. The molecule has 0 radical (unpaired) electrons. The topological polar surface area (TPSA) is 54.3 Å². The Morgan fingerprint density at radius 3 is 2.76 bits per heavy atom. The Kier molecular flexibility index (Phi) is 4.01. The van der Waals surface area contributed by atoms with E-state index in [9.17, 15) is 9.59 Å². The minimum absolute atomic E-state index is 0.00308. The van der Waals surface area contributed by atoms with Gasteiger partial charge in [0.25, 0.3) is 5.56 Å². The number of nitrogens with zero attached hydrogens (tertiary/aromatic N) is 2. The van der Waals surface area contributed by atoms with Crippen LogP contribution in [0.4, 0.5) is 10.5 Å². The fraction of sp³-hybridized carbons (Fsp3) is 0.333. The van der Waals surface area contributed by atoms with Crippen LogP contribution in [0.15, 0.2) is 35.3 Å². The zero-order chi connectivity index (χ0) is 17.7. The number of fused-ring (bicyclic) bond motifs is 4. The van der Waals surface area contributed by atoms with Crippen molar-refractivity contribution in [3.8, 4) is 0 Å². The predicted molar refractivity (Wildman–Crippen MR) is 98.5 cm³/mol. The molecule has 0 unspecified atom stereocenters. The van der Waals surface area contributed by atoms with Gasteiger partial charge in [0.1, 0.15) is 0 Å². The number of pyridine rings is 1. The number of carbonyl (C=O) groups excluding carboxylic acids is 1. The van der Waals surface area contributed by atoms with Crippen molar-refractivity contribution < 1.29 is 4.79 Å². The molecule has 0 spiro atoms. The highest BCUT2D eigenvalue weighted by molar-refractivity contribution is 6.42. The van der Waals surface area contributed by atoms with Crippen LogP contribution in [0.5, 0.6) is 0 Å². The van der Waals surface area contributed by atoms with Crippen molar-refractivity contribution in [2.45, 2.75) is 31.3 Å². The summed E-state index contributed by atoms with van der Waals surface area (Å²) in [7, 11) is 1.74. The number of carbonyl (C=O) groups is 1. The highest BCUT2D eigenvalue weighted by Crippen LogP contribution is 2.43. The van der Waals surface area contributed by atoms with Gasteiger partial charge in [-0.25, -0.2) is 4.79 Å². The van der Waals surface area contributed by atoms with Gasteiger partial charge in [0.2, 0.25) is 0 Å². The zero-order valence-corrected chi connectivity index (χ0v) is 15.1. The van der Waals surface area contributed by atoms with E-state index in [1.165, 1.54) is 0 Å². The molecule has 2 bridgehead atoms. The zero-order valence-electron chi connectivity index (χ0n) is 13.6. The number of hydrogen-bond donors (Lipinski definition) is 1. The number of anilines is 1. The third-order valence-electron chi connectivity index (χ3n) is 5.07. The van der Waals surface area contributed by atoms with Gasteiger partial charge in [-0.1, -0.05) is 23.2 Å². The monoisotopic (exact) mass is 377 g/mol. The van der Waals surface area contributed by atoms with Crippen LogP contribution in [0.2, 0.25) is 10.0 Å².